The number of ether oxygens (including phenoxy) is 4. The Labute approximate surface area is 167 Å². The van der Waals surface area contributed by atoms with Crippen LogP contribution in [0.3, 0.4) is 0 Å². The minimum absolute atomic E-state index is 0.0411. The van der Waals surface area contributed by atoms with E-state index in [1.165, 1.54) is 0 Å². The molecule has 2 aromatic rings. The van der Waals surface area contributed by atoms with Crippen molar-refractivity contribution >= 4 is 40.7 Å². The standard InChI is InChI=1S/C18H17Cl2NO4S/c1-18(2)22-10-14(25-18)15(11-8-13(19)16(20)21-9-11)24-17(26)23-12-6-4-3-5-7-12/h3-9,14-15H,10H2,1-2H3/t14-,15?/m0/s1. The van der Waals surface area contributed by atoms with Gasteiger partial charge in [0.15, 0.2) is 11.9 Å². The van der Waals surface area contributed by atoms with Gasteiger partial charge in [0, 0.05) is 24.0 Å². The molecule has 1 aliphatic rings. The van der Waals surface area contributed by atoms with Crippen molar-refractivity contribution in [1.82, 2.24) is 4.98 Å². The van der Waals surface area contributed by atoms with Crippen molar-refractivity contribution in [2.24, 2.45) is 0 Å². The van der Waals surface area contributed by atoms with Crippen molar-refractivity contribution in [3.8, 4) is 5.75 Å². The molecule has 1 saturated heterocycles. The Morgan fingerprint density at radius 2 is 2.04 bits per heavy atom. The molecule has 0 N–H and O–H groups in total. The molecule has 5 nitrogen and oxygen atoms in total. The molecule has 1 aromatic heterocycles. The largest absolute Gasteiger partial charge is 0.445 e. The molecule has 0 radical (unpaired) electrons. The third kappa shape index (κ3) is 4.84. The summed E-state index contributed by atoms with van der Waals surface area (Å²) in [7, 11) is 0. The molecule has 1 aliphatic heterocycles. The summed E-state index contributed by atoms with van der Waals surface area (Å²) in [6.45, 7) is 3.98. The van der Waals surface area contributed by atoms with Crippen LogP contribution in [0.2, 0.25) is 10.2 Å². The van der Waals surface area contributed by atoms with Crippen LogP contribution >= 0.6 is 35.4 Å². The average molecular weight is 414 g/mol. The number of thiocarbonyl (C=S) groups is 1. The Kier molecular flexibility index (Phi) is 5.99. The van der Waals surface area contributed by atoms with Crippen LogP contribution < -0.4 is 4.74 Å². The van der Waals surface area contributed by atoms with Crippen LogP contribution in [0, 0.1) is 0 Å². The normalized spacial score (nSPS) is 19.8. The van der Waals surface area contributed by atoms with E-state index in [9.17, 15) is 0 Å². The fourth-order valence-corrected chi connectivity index (χ4v) is 3.01. The molecule has 2 heterocycles. The molecule has 0 saturated carbocycles. The van der Waals surface area contributed by atoms with Gasteiger partial charge in [-0.3, -0.25) is 0 Å². The van der Waals surface area contributed by atoms with Crippen LogP contribution in [-0.2, 0) is 14.2 Å². The third-order valence-electron chi connectivity index (χ3n) is 3.68. The number of pyridine rings is 1. The molecule has 1 aromatic carbocycles. The molecule has 1 unspecified atom stereocenters. The van der Waals surface area contributed by atoms with E-state index in [1.807, 2.05) is 32.0 Å². The van der Waals surface area contributed by atoms with Crippen molar-refractivity contribution in [3.05, 3.63) is 58.3 Å². The van der Waals surface area contributed by atoms with E-state index >= 15 is 0 Å². The summed E-state index contributed by atoms with van der Waals surface area (Å²) in [4.78, 5) is 4.07. The Bertz CT molecular complexity index is 788. The molecule has 1 fully saturated rings. The zero-order valence-corrected chi connectivity index (χ0v) is 16.5. The van der Waals surface area contributed by atoms with E-state index in [0.717, 1.165) is 0 Å². The number of nitrogens with zero attached hydrogens (tertiary/aromatic N) is 1. The first kappa shape index (κ1) is 19.3. The summed E-state index contributed by atoms with van der Waals surface area (Å²) in [6, 6.07) is 10.8. The summed E-state index contributed by atoms with van der Waals surface area (Å²) in [5, 5.41) is 0.479. The summed E-state index contributed by atoms with van der Waals surface area (Å²) >= 11 is 17.3. The number of benzene rings is 1. The van der Waals surface area contributed by atoms with Gasteiger partial charge in [-0.05, 0) is 32.0 Å². The SMILES string of the molecule is CC1(C)OC[C@@H](C(OC(=S)Oc2ccccc2)c2cnc(Cl)c(Cl)c2)O1. The van der Waals surface area contributed by atoms with Gasteiger partial charge in [-0.2, -0.15) is 0 Å². The van der Waals surface area contributed by atoms with Crippen LogP contribution in [0.4, 0.5) is 0 Å². The molecular weight excluding hydrogens is 397 g/mol. The highest BCUT2D eigenvalue weighted by Gasteiger charge is 2.40. The van der Waals surface area contributed by atoms with Gasteiger partial charge < -0.3 is 18.9 Å². The fourth-order valence-electron chi connectivity index (χ4n) is 2.53. The van der Waals surface area contributed by atoms with Crippen LogP contribution in [0.25, 0.3) is 0 Å². The van der Waals surface area contributed by atoms with Gasteiger partial charge in [-0.15, -0.1) is 0 Å². The molecule has 0 spiro atoms. The van der Waals surface area contributed by atoms with Crippen molar-refractivity contribution < 1.29 is 18.9 Å². The zero-order chi connectivity index (χ0) is 18.7. The highest BCUT2D eigenvalue weighted by Crippen LogP contribution is 2.35. The third-order valence-corrected chi connectivity index (χ3v) is 4.55. The van der Waals surface area contributed by atoms with Crippen LogP contribution in [-0.4, -0.2) is 28.7 Å². The van der Waals surface area contributed by atoms with Crippen molar-refractivity contribution in [1.29, 1.82) is 0 Å². The maximum Gasteiger partial charge on any atom is 0.358 e. The topological polar surface area (TPSA) is 49.8 Å². The number of aromatic nitrogens is 1. The Morgan fingerprint density at radius 1 is 1.31 bits per heavy atom. The lowest BCUT2D eigenvalue weighted by Crippen LogP contribution is -2.29. The second-order valence-corrected chi connectivity index (χ2v) is 7.21. The lowest BCUT2D eigenvalue weighted by atomic mass is 10.1. The average Bonchev–Trinajstić information content (AvgIpc) is 2.96. The van der Waals surface area contributed by atoms with Gasteiger partial charge in [-0.1, -0.05) is 41.4 Å². The van der Waals surface area contributed by atoms with Crippen LogP contribution in [0.15, 0.2) is 42.6 Å². The van der Waals surface area contributed by atoms with E-state index in [2.05, 4.69) is 4.98 Å². The van der Waals surface area contributed by atoms with Gasteiger partial charge in [0.1, 0.15) is 17.0 Å². The monoisotopic (exact) mass is 413 g/mol. The highest BCUT2D eigenvalue weighted by atomic mass is 35.5. The molecule has 138 valence electrons. The van der Waals surface area contributed by atoms with Gasteiger partial charge in [0.05, 0.1) is 11.6 Å². The summed E-state index contributed by atoms with van der Waals surface area (Å²) in [5.74, 6) is -0.148. The molecule has 0 amide bonds. The smallest absolute Gasteiger partial charge is 0.358 e. The van der Waals surface area contributed by atoms with E-state index in [0.29, 0.717) is 22.9 Å². The Hall–Kier alpha value is -1.44. The molecule has 0 bridgehead atoms. The van der Waals surface area contributed by atoms with E-state index in [1.54, 1.807) is 24.4 Å². The number of para-hydroxylation sites is 1. The number of rotatable bonds is 4. The van der Waals surface area contributed by atoms with Gasteiger partial charge in [-0.25, -0.2) is 4.98 Å². The highest BCUT2D eigenvalue weighted by molar-refractivity contribution is 7.79. The number of hydrogen-bond acceptors (Lipinski definition) is 6. The number of hydrogen-bond donors (Lipinski definition) is 0. The second kappa shape index (κ2) is 8.06. The zero-order valence-electron chi connectivity index (χ0n) is 14.1. The molecule has 3 rings (SSSR count). The van der Waals surface area contributed by atoms with Gasteiger partial charge >= 0.3 is 5.24 Å². The van der Waals surface area contributed by atoms with Crippen molar-refractivity contribution in [3.63, 3.8) is 0 Å². The quantitative estimate of drug-likeness (QED) is 0.521. The van der Waals surface area contributed by atoms with Crippen molar-refractivity contribution in [2.75, 3.05) is 6.61 Å². The molecule has 8 heteroatoms. The molecule has 2 atom stereocenters. The molecule has 0 aliphatic carbocycles. The van der Waals surface area contributed by atoms with E-state index in [-0.39, 0.29) is 10.4 Å². The maximum absolute atomic E-state index is 6.10. The first-order valence-corrected chi connectivity index (χ1v) is 9.07. The lowest BCUT2D eigenvalue weighted by Gasteiger charge is -2.25. The molecular formula is C18H17Cl2NO4S. The van der Waals surface area contributed by atoms with Gasteiger partial charge in [0.25, 0.3) is 0 Å². The molecule has 26 heavy (non-hydrogen) atoms. The first-order valence-electron chi connectivity index (χ1n) is 7.90. The van der Waals surface area contributed by atoms with Gasteiger partial charge in [0.2, 0.25) is 0 Å². The summed E-state index contributed by atoms with van der Waals surface area (Å²) < 4.78 is 23.0. The predicted molar refractivity (Wildman–Crippen MR) is 103 cm³/mol. The fraction of sp³-hybridized carbons (Fsp3) is 0.333. The van der Waals surface area contributed by atoms with E-state index in [4.69, 9.17) is 54.4 Å². The summed E-state index contributed by atoms with van der Waals surface area (Å²) in [5.41, 5.74) is 0.657. The van der Waals surface area contributed by atoms with E-state index < -0.39 is 18.0 Å². The Morgan fingerprint density at radius 3 is 2.65 bits per heavy atom. The lowest BCUT2D eigenvalue weighted by molar-refractivity contribution is -0.150. The second-order valence-electron chi connectivity index (χ2n) is 6.11. The summed E-state index contributed by atoms with van der Waals surface area (Å²) in [6.07, 6.45) is 0.537. The first-order chi connectivity index (χ1) is 12.3. The minimum atomic E-state index is -0.724. The van der Waals surface area contributed by atoms with Crippen LogP contribution in [0.1, 0.15) is 25.5 Å². The number of halogens is 2. The van der Waals surface area contributed by atoms with Crippen LogP contribution in [0.5, 0.6) is 5.75 Å². The maximum atomic E-state index is 6.10. The predicted octanol–water partition coefficient (Wildman–Crippen LogP) is 4.96. The minimum Gasteiger partial charge on any atom is -0.445 e. The van der Waals surface area contributed by atoms with Crippen molar-refractivity contribution in [2.45, 2.75) is 31.8 Å². The Balaban J connectivity index is 1.80.